The van der Waals surface area contributed by atoms with Crippen LogP contribution in [0.3, 0.4) is 0 Å². The Labute approximate surface area is 73.1 Å². The van der Waals surface area contributed by atoms with Gasteiger partial charge in [0.25, 0.3) is 0 Å². The molecule has 0 aromatic carbocycles. The van der Waals surface area contributed by atoms with Gasteiger partial charge in [-0.2, -0.15) is 0 Å². The van der Waals surface area contributed by atoms with E-state index in [9.17, 15) is 4.79 Å². The molecular weight excluding hydrogens is 154 g/mol. The van der Waals surface area contributed by atoms with Crippen molar-refractivity contribution in [3.05, 3.63) is 0 Å². The highest BCUT2D eigenvalue weighted by atomic mass is 16.2. The zero-order valence-corrected chi connectivity index (χ0v) is 7.71. The zero-order chi connectivity index (χ0) is 9.14. The molecule has 1 aliphatic rings. The number of hydrogen-bond donors (Lipinski definition) is 2. The number of nitrogens with two attached hydrogens (primary N) is 1. The maximum atomic E-state index is 11.4. The lowest BCUT2D eigenvalue weighted by Crippen LogP contribution is -2.48. The molecule has 0 radical (unpaired) electrons. The van der Waals surface area contributed by atoms with E-state index < -0.39 is 0 Å². The van der Waals surface area contributed by atoms with Crippen LogP contribution in [0.15, 0.2) is 0 Å². The number of rotatable bonds is 2. The molecule has 1 fully saturated rings. The minimum Gasteiger partial charge on any atom is -0.353 e. The van der Waals surface area contributed by atoms with Crippen molar-refractivity contribution in [2.45, 2.75) is 38.8 Å². The standard InChI is InChI=1S/C8H17N3O/c1-6(2)10-8(12)7-4-3-5-11(7)9/h6-7H,3-5,9H2,1-2H3,(H,10,12)/t7-/m0/s1. The maximum absolute atomic E-state index is 11.4. The van der Waals surface area contributed by atoms with Gasteiger partial charge in [0, 0.05) is 12.6 Å². The van der Waals surface area contributed by atoms with Crippen molar-refractivity contribution in [3.8, 4) is 0 Å². The van der Waals surface area contributed by atoms with Gasteiger partial charge in [-0.25, -0.2) is 5.01 Å². The molecular formula is C8H17N3O. The Kier molecular flexibility index (Phi) is 3.05. The Balaban J connectivity index is 2.41. The van der Waals surface area contributed by atoms with Crippen molar-refractivity contribution in [1.29, 1.82) is 0 Å². The van der Waals surface area contributed by atoms with Crippen LogP contribution in [0.5, 0.6) is 0 Å². The van der Waals surface area contributed by atoms with Crippen molar-refractivity contribution in [2.24, 2.45) is 5.84 Å². The predicted molar refractivity (Wildman–Crippen MR) is 47.2 cm³/mol. The molecule has 1 atom stereocenters. The second kappa shape index (κ2) is 3.87. The Morgan fingerprint density at radius 2 is 2.33 bits per heavy atom. The summed E-state index contributed by atoms with van der Waals surface area (Å²) in [6.45, 7) is 4.73. The number of carbonyl (C=O) groups excluding carboxylic acids is 1. The topological polar surface area (TPSA) is 58.4 Å². The van der Waals surface area contributed by atoms with Crippen molar-refractivity contribution in [3.63, 3.8) is 0 Å². The molecule has 0 aromatic rings. The summed E-state index contributed by atoms with van der Waals surface area (Å²) in [5.74, 6) is 5.69. The van der Waals surface area contributed by atoms with Gasteiger partial charge in [0.15, 0.2) is 0 Å². The number of hydrogen-bond acceptors (Lipinski definition) is 3. The van der Waals surface area contributed by atoms with Crippen LogP contribution < -0.4 is 11.2 Å². The van der Waals surface area contributed by atoms with Gasteiger partial charge in [-0.15, -0.1) is 0 Å². The molecule has 1 rings (SSSR count). The Bertz CT molecular complexity index is 170. The number of carbonyl (C=O) groups is 1. The highest BCUT2D eigenvalue weighted by molar-refractivity contribution is 5.82. The molecule has 12 heavy (non-hydrogen) atoms. The van der Waals surface area contributed by atoms with Crippen molar-refractivity contribution < 1.29 is 4.79 Å². The molecule has 0 aliphatic carbocycles. The molecule has 1 heterocycles. The summed E-state index contributed by atoms with van der Waals surface area (Å²) < 4.78 is 0. The van der Waals surface area contributed by atoms with Crippen molar-refractivity contribution in [2.75, 3.05) is 6.54 Å². The molecule has 0 bridgehead atoms. The van der Waals surface area contributed by atoms with Gasteiger partial charge in [0.2, 0.25) is 5.91 Å². The normalized spacial score (nSPS) is 24.8. The molecule has 70 valence electrons. The third-order valence-electron chi connectivity index (χ3n) is 2.03. The smallest absolute Gasteiger partial charge is 0.238 e. The average Bonchev–Trinajstić information content (AvgIpc) is 2.33. The summed E-state index contributed by atoms with van der Waals surface area (Å²) in [4.78, 5) is 11.4. The molecule has 4 nitrogen and oxygen atoms in total. The Morgan fingerprint density at radius 3 is 2.75 bits per heavy atom. The van der Waals surface area contributed by atoms with Gasteiger partial charge < -0.3 is 5.32 Å². The van der Waals surface area contributed by atoms with Crippen LogP contribution in [0, 0.1) is 0 Å². The van der Waals surface area contributed by atoms with E-state index in [1.807, 2.05) is 13.8 Å². The monoisotopic (exact) mass is 171 g/mol. The SMILES string of the molecule is CC(C)NC(=O)[C@@H]1CCCN1N. The third kappa shape index (κ3) is 2.19. The van der Waals surface area contributed by atoms with E-state index in [0.29, 0.717) is 0 Å². The van der Waals surface area contributed by atoms with Crippen LogP contribution in [-0.4, -0.2) is 29.5 Å². The highest BCUT2D eigenvalue weighted by Crippen LogP contribution is 2.12. The van der Waals surface area contributed by atoms with Gasteiger partial charge in [0.1, 0.15) is 6.04 Å². The second-order valence-electron chi connectivity index (χ2n) is 3.56. The zero-order valence-electron chi connectivity index (χ0n) is 7.71. The van der Waals surface area contributed by atoms with E-state index >= 15 is 0 Å². The number of nitrogens with zero attached hydrogens (tertiary/aromatic N) is 1. The molecule has 0 aromatic heterocycles. The molecule has 0 unspecified atom stereocenters. The minimum atomic E-state index is -0.104. The van der Waals surface area contributed by atoms with E-state index in [1.54, 1.807) is 5.01 Å². The predicted octanol–water partition coefficient (Wildman–Crippen LogP) is -0.151. The third-order valence-corrected chi connectivity index (χ3v) is 2.03. The average molecular weight is 171 g/mol. The number of amides is 1. The van der Waals surface area contributed by atoms with E-state index in [4.69, 9.17) is 5.84 Å². The van der Waals surface area contributed by atoms with Crippen molar-refractivity contribution in [1.82, 2.24) is 10.3 Å². The Morgan fingerprint density at radius 1 is 1.67 bits per heavy atom. The van der Waals surface area contributed by atoms with Gasteiger partial charge in [0.05, 0.1) is 0 Å². The Hall–Kier alpha value is -0.610. The summed E-state index contributed by atoms with van der Waals surface area (Å²) >= 11 is 0. The first-order valence-corrected chi connectivity index (χ1v) is 4.43. The largest absolute Gasteiger partial charge is 0.353 e. The number of nitrogens with one attached hydrogen (secondary N) is 1. The van der Waals surface area contributed by atoms with Gasteiger partial charge in [-0.1, -0.05) is 0 Å². The first-order valence-electron chi connectivity index (χ1n) is 4.43. The van der Waals surface area contributed by atoms with Gasteiger partial charge in [-0.05, 0) is 26.7 Å². The molecule has 1 saturated heterocycles. The second-order valence-corrected chi connectivity index (χ2v) is 3.56. The van der Waals surface area contributed by atoms with Crippen LogP contribution >= 0.6 is 0 Å². The quantitative estimate of drug-likeness (QED) is 0.568. The van der Waals surface area contributed by atoms with Gasteiger partial charge in [-0.3, -0.25) is 10.6 Å². The van der Waals surface area contributed by atoms with Crippen LogP contribution in [0.2, 0.25) is 0 Å². The molecule has 1 amide bonds. The lowest BCUT2D eigenvalue weighted by Gasteiger charge is -2.19. The van der Waals surface area contributed by atoms with Crippen LogP contribution in [0.4, 0.5) is 0 Å². The number of hydrazine groups is 1. The van der Waals surface area contributed by atoms with Gasteiger partial charge >= 0.3 is 0 Å². The molecule has 0 saturated carbocycles. The lowest BCUT2D eigenvalue weighted by molar-refractivity contribution is -0.126. The molecule has 4 heteroatoms. The fourth-order valence-electron chi connectivity index (χ4n) is 1.45. The first kappa shape index (κ1) is 9.48. The lowest BCUT2D eigenvalue weighted by atomic mass is 10.2. The van der Waals surface area contributed by atoms with Crippen LogP contribution in [0.1, 0.15) is 26.7 Å². The van der Waals surface area contributed by atoms with Crippen LogP contribution in [-0.2, 0) is 4.79 Å². The van der Waals surface area contributed by atoms with E-state index in [2.05, 4.69) is 5.32 Å². The molecule has 0 spiro atoms. The summed E-state index contributed by atoms with van der Waals surface area (Å²) in [6, 6.07) is 0.0962. The maximum Gasteiger partial charge on any atom is 0.238 e. The van der Waals surface area contributed by atoms with Crippen LogP contribution in [0.25, 0.3) is 0 Å². The highest BCUT2D eigenvalue weighted by Gasteiger charge is 2.28. The van der Waals surface area contributed by atoms with E-state index in [-0.39, 0.29) is 18.0 Å². The summed E-state index contributed by atoms with van der Waals surface area (Å²) in [5.41, 5.74) is 0. The van der Waals surface area contributed by atoms with E-state index in [1.165, 1.54) is 0 Å². The summed E-state index contributed by atoms with van der Waals surface area (Å²) in [7, 11) is 0. The fraction of sp³-hybridized carbons (Fsp3) is 0.875. The fourth-order valence-corrected chi connectivity index (χ4v) is 1.45. The first-order chi connectivity index (χ1) is 5.61. The minimum absolute atomic E-state index is 0.0602. The molecule has 1 aliphatic heterocycles. The van der Waals surface area contributed by atoms with Crippen molar-refractivity contribution >= 4 is 5.91 Å². The summed E-state index contributed by atoms with van der Waals surface area (Å²) in [6.07, 6.45) is 1.90. The van der Waals surface area contributed by atoms with E-state index in [0.717, 1.165) is 19.4 Å². The molecule has 3 N–H and O–H groups in total. The summed E-state index contributed by atoms with van der Waals surface area (Å²) in [5, 5.41) is 4.48.